The number of nitrogens with zero attached hydrogens (tertiary/aromatic N) is 4. The quantitative estimate of drug-likeness (QED) is 0.614. The number of rotatable bonds is 6. The normalized spacial score (nSPS) is 18.7. The fourth-order valence-electron chi connectivity index (χ4n) is 2.71. The Morgan fingerprint density at radius 2 is 2.38 bits per heavy atom. The van der Waals surface area contributed by atoms with E-state index >= 15 is 0 Å². The van der Waals surface area contributed by atoms with Gasteiger partial charge in [-0.25, -0.2) is 4.68 Å². The Kier molecular flexibility index (Phi) is 5.13. The molecule has 2 heterocycles. The standard InChI is InChI=1S/C13H23N5O3/c1-4-5-11-12(18(19)20)13(17(3)15-11)16(2)9-10-8-14-6-7-21-10/h10,14H,4-9H2,1-3H3. The minimum absolute atomic E-state index is 0.0351. The van der Waals surface area contributed by atoms with Gasteiger partial charge in [-0.05, 0) is 6.42 Å². The molecule has 1 fully saturated rings. The zero-order valence-corrected chi connectivity index (χ0v) is 12.8. The van der Waals surface area contributed by atoms with Gasteiger partial charge in [-0.1, -0.05) is 13.3 Å². The summed E-state index contributed by atoms with van der Waals surface area (Å²) in [5, 5.41) is 19.0. The van der Waals surface area contributed by atoms with Crippen LogP contribution in [0.2, 0.25) is 0 Å². The molecule has 1 aliphatic rings. The summed E-state index contributed by atoms with van der Waals surface area (Å²) in [5.41, 5.74) is 0.667. The van der Waals surface area contributed by atoms with Crippen LogP contribution in [0.1, 0.15) is 19.0 Å². The Morgan fingerprint density at radius 1 is 1.62 bits per heavy atom. The van der Waals surface area contributed by atoms with E-state index < -0.39 is 0 Å². The van der Waals surface area contributed by atoms with Crippen LogP contribution in [-0.4, -0.2) is 54.1 Å². The summed E-state index contributed by atoms with van der Waals surface area (Å²) in [6.45, 7) is 4.87. The maximum atomic E-state index is 11.4. The number of likely N-dealkylation sites (N-methyl/N-ethyl adjacent to an activating group) is 1. The third-order valence-corrected chi connectivity index (χ3v) is 3.58. The Hall–Kier alpha value is -1.67. The van der Waals surface area contributed by atoms with Crippen LogP contribution in [0.25, 0.3) is 0 Å². The molecule has 1 aromatic heterocycles. The van der Waals surface area contributed by atoms with Crippen molar-refractivity contribution in [3.05, 3.63) is 15.8 Å². The predicted molar refractivity (Wildman–Crippen MR) is 79.7 cm³/mol. The highest BCUT2D eigenvalue weighted by atomic mass is 16.6. The topological polar surface area (TPSA) is 85.5 Å². The molecule has 1 N–H and O–H groups in total. The number of hydrogen-bond acceptors (Lipinski definition) is 6. The van der Waals surface area contributed by atoms with Gasteiger partial charge in [-0.3, -0.25) is 10.1 Å². The van der Waals surface area contributed by atoms with Crippen LogP contribution in [0, 0.1) is 10.1 Å². The summed E-state index contributed by atoms with van der Waals surface area (Å²) < 4.78 is 7.26. The van der Waals surface area contributed by atoms with Gasteiger partial charge in [-0.15, -0.1) is 0 Å². The number of ether oxygens (including phenoxy) is 1. The van der Waals surface area contributed by atoms with Gasteiger partial charge < -0.3 is 15.0 Å². The number of nitrogens with one attached hydrogen (secondary N) is 1. The number of hydrogen-bond donors (Lipinski definition) is 1. The molecule has 118 valence electrons. The summed E-state index contributed by atoms with van der Waals surface area (Å²) >= 11 is 0. The van der Waals surface area contributed by atoms with Crippen molar-refractivity contribution in [2.24, 2.45) is 7.05 Å². The van der Waals surface area contributed by atoms with Crippen molar-refractivity contribution < 1.29 is 9.66 Å². The molecule has 0 bridgehead atoms. The Labute approximate surface area is 124 Å². The van der Waals surface area contributed by atoms with Crippen LogP contribution in [-0.2, 0) is 18.2 Å². The molecule has 0 saturated carbocycles. The number of anilines is 1. The van der Waals surface area contributed by atoms with E-state index in [1.807, 2.05) is 18.9 Å². The van der Waals surface area contributed by atoms with Crippen LogP contribution >= 0.6 is 0 Å². The Balaban J connectivity index is 2.22. The van der Waals surface area contributed by atoms with Crippen molar-refractivity contribution in [2.75, 3.05) is 38.2 Å². The summed E-state index contributed by atoms with van der Waals surface area (Å²) in [6, 6.07) is 0. The third-order valence-electron chi connectivity index (χ3n) is 3.58. The van der Waals surface area contributed by atoms with Gasteiger partial charge in [-0.2, -0.15) is 5.10 Å². The Bertz CT molecular complexity index is 496. The number of aryl methyl sites for hydroxylation is 2. The van der Waals surface area contributed by atoms with Crippen molar-refractivity contribution in [1.29, 1.82) is 0 Å². The Morgan fingerprint density at radius 3 is 2.95 bits per heavy atom. The van der Waals surface area contributed by atoms with E-state index in [-0.39, 0.29) is 16.7 Å². The molecule has 21 heavy (non-hydrogen) atoms. The van der Waals surface area contributed by atoms with E-state index in [0.717, 1.165) is 19.5 Å². The minimum atomic E-state index is -0.330. The highest BCUT2D eigenvalue weighted by molar-refractivity contribution is 5.61. The average Bonchev–Trinajstić information content (AvgIpc) is 2.77. The molecule has 8 nitrogen and oxygen atoms in total. The third kappa shape index (κ3) is 3.51. The van der Waals surface area contributed by atoms with E-state index in [9.17, 15) is 10.1 Å². The molecular formula is C13H23N5O3. The van der Waals surface area contributed by atoms with Crippen molar-refractivity contribution >= 4 is 11.5 Å². The maximum Gasteiger partial charge on any atom is 0.334 e. The first-order valence-electron chi connectivity index (χ1n) is 7.28. The van der Waals surface area contributed by atoms with E-state index in [2.05, 4.69) is 10.4 Å². The zero-order valence-electron chi connectivity index (χ0n) is 12.8. The molecule has 1 atom stereocenters. The van der Waals surface area contributed by atoms with Gasteiger partial charge in [0.25, 0.3) is 0 Å². The zero-order chi connectivity index (χ0) is 15.4. The van der Waals surface area contributed by atoms with Crippen molar-refractivity contribution in [3.63, 3.8) is 0 Å². The summed E-state index contributed by atoms with van der Waals surface area (Å²) in [5.74, 6) is 0.539. The van der Waals surface area contributed by atoms with Gasteiger partial charge in [0, 0.05) is 33.7 Å². The molecule has 8 heteroatoms. The highest BCUT2D eigenvalue weighted by Crippen LogP contribution is 2.31. The number of nitro groups is 1. The van der Waals surface area contributed by atoms with E-state index in [1.165, 1.54) is 0 Å². The molecule has 1 saturated heterocycles. The molecule has 0 amide bonds. The lowest BCUT2D eigenvalue weighted by Crippen LogP contribution is -2.44. The van der Waals surface area contributed by atoms with Gasteiger partial charge in [0.1, 0.15) is 5.69 Å². The molecule has 0 aromatic carbocycles. The lowest BCUT2D eigenvalue weighted by molar-refractivity contribution is -0.384. The first kappa shape index (κ1) is 15.7. The van der Waals surface area contributed by atoms with E-state index in [1.54, 1.807) is 11.7 Å². The summed E-state index contributed by atoms with van der Waals surface area (Å²) in [7, 11) is 3.59. The van der Waals surface area contributed by atoms with E-state index in [0.29, 0.717) is 31.1 Å². The van der Waals surface area contributed by atoms with Crippen LogP contribution in [0.5, 0.6) is 0 Å². The smallest absolute Gasteiger partial charge is 0.334 e. The summed E-state index contributed by atoms with van der Waals surface area (Å²) in [6.07, 6.45) is 1.48. The van der Waals surface area contributed by atoms with Crippen LogP contribution in [0.4, 0.5) is 11.5 Å². The number of aromatic nitrogens is 2. The van der Waals surface area contributed by atoms with E-state index in [4.69, 9.17) is 4.74 Å². The monoisotopic (exact) mass is 297 g/mol. The fourth-order valence-corrected chi connectivity index (χ4v) is 2.71. The molecular weight excluding hydrogens is 274 g/mol. The van der Waals surface area contributed by atoms with Gasteiger partial charge in [0.15, 0.2) is 0 Å². The van der Waals surface area contributed by atoms with Crippen molar-refractivity contribution in [3.8, 4) is 0 Å². The van der Waals surface area contributed by atoms with Crippen molar-refractivity contribution in [2.45, 2.75) is 25.9 Å². The first-order valence-corrected chi connectivity index (χ1v) is 7.28. The van der Waals surface area contributed by atoms with Crippen LogP contribution < -0.4 is 10.2 Å². The molecule has 1 aromatic rings. The van der Waals surface area contributed by atoms with Crippen LogP contribution in [0.3, 0.4) is 0 Å². The highest BCUT2D eigenvalue weighted by Gasteiger charge is 2.29. The van der Waals surface area contributed by atoms with Gasteiger partial charge in [0.2, 0.25) is 5.82 Å². The molecule has 0 spiro atoms. The molecule has 1 aliphatic heterocycles. The SMILES string of the molecule is CCCc1nn(C)c(N(C)CC2CNCCO2)c1[N+](=O)[O-]. The van der Waals surface area contributed by atoms with Gasteiger partial charge >= 0.3 is 5.69 Å². The molecule has 0 aliphatic carbocycles. The molecule has 1 unspecified atom stereocenters. The number of morpholine rings is 1. The van der Waals surface area contributed by atoms with Crippen LogP contribution in [0.15, 0.2) is 0 Å². The maximum absolute atomic E-state index is 11.4. The lowest BCUT2D eigenvalue weighted by atomic mass is 10.2. The van der Waals surface area contributed by atoms with Crippen molar-refractivity contribution in [1.82, 2.24) is 15.1 Å². The predicted octanol–water partition coefficient (Wildman–Crippen LogP) is 0.705. The molecule has 2 rings (SSSR count). The second kappa shape index (κ2) is 6.86. The minimum Gasteiger partial charge on any atom is -0.374 e. The molecule has 0 radical (unpaired) electrons. The largest absolute Gasteiger partial charge is 0.374 e. The lowest BCUT2D eigenvalue weighted by Gasteiger charge is -2.28. The first-order chi connectivity index (χ1) is 10.0. The second-order valence-corrected chi connectivity index (χ2v) is 5.33. The van der Waals surface area contributed by atoms with Gasteiger partial charge in [0.05, 0.1) is 17.6 Å². The second-order valence-electron chi connectivity index (χ2n) is 5.33. The average molecular weight is 297 g/mol. The fraction of sp³-hybridized carbons (Fsp3) is 0.769. The summed E-state index contributed by atoms with van der Waals surface area (Å²) in [4.78, 5) is 12.9.